The zero-order chi connectivity index (χ0) is 12.3. The molecule has 0 aliphatic rings. The van der Waals surface area contributed by atoms with Crippen molar-refractivity contribution in [1.82, 2.24) is 9.97 Å². The molecule has 2 N–H and O–H groups in total. The van der Waals surface area contributed by atoms with Crippen LogP contribution >= 0.6 is 0 Å². The maximum Gasteiger partial charge on any atom is 0.339 e. The first-order chi connectivity index (χ1) is 8.16. The first-order valence-corrected chi connectivity index (χ1v) is 4.99. The number of aryl methyl sites for hydroxylation is 1. The molecule has 0 aliphatic heterocycles. The fourth-order valence-electron chi connectivity index (χ4n) is 1.37. The summed E-state index contributed by atoms with van der Waals surface area (Å²) in [5.74, 6) is 0.204. The number of rotatable bonds is 4. The van der Waals surface area contributed by atoms with Gasteiger partial charge < -0.3 is 14.8 Å². The van der Waals surface area contributed by atoms with Gasteiger partial charge in [0.05, 0.1) is 18.4 Å². The van der Waals surface area contributed by atoms with Gasteiger partial charge in [-0.3, -0.25) is 4.98 Å². The second-order valence-corrected chi connectivity index (χ2v) is 3.44. The molecule has 2 rings (SSSR count). The zero-order valence-corrected chi connectivity index (χ0v) is 9.17. The highest BCUT2D eigenvalue weighted by Gasteiger charge is 2.10. The van der Waals surface area contributed by atoms with E-state index in [0.29, 0.717) is 18.1 Å². The van der Waals surface area contributed by atoms with E-state index in [1.54, 1.807) is 19.2 Å². The SMILES string of the molecule is Cc1cnc(CNc2ccncc2C(=O)O)o1. The van der Waals surface area contributed by atoms with Gasteiger partial charge in [-0.2, -0.15) is 0 Å². The molecule has 0 saturated carbocycles. The van der Waals surface area contributed by atoms with Crippen molar-refractivity contribution in [3.8, 4) is 0 Å². The lowest BCUT2D eigenvalue weighted by Gasteiger charge is -2.06. The van der Waals surface area contributed by atoms with E-state index in [-0.39, 0.29) is 5.56 Å². The van der Waals surface area contributed by atoms with Crippen LogP contribution in [0.2, 0.25) is 0 Å². The van der Waals surface area contributed by atoms with E-state index >= 15 is 0 Å². The number of aromatic carboxylic acids is 1. The Labute approximate surface area is 97.3 Å². The minimum Gasteiger partial charge on any atom is -0.478 e. The molecule has 0 spiro atoms. The first kappa shape index (κ1) is 11.1. The topological polar surface area (TPSA) is 88.2 Å². The van der Waals surface area contributed by atoms with E-state index < -0.39 is 5.97 Å². The number of nitrogens with zero attached hydrogens (tertiary/aromatic N) is 2. The molecule has 17 heavy (non-hydrogen) atoms. The van der Waals surface area contributed by atoms with E-state index in [4.69, 9.17) is 9.52 Å². The molecule has 0 fully saturated rings. The van der Waals surface area contributed by atoms with Gasteiger partial charge in [0, 0.05) is 12.4 Å². The number of carbonyl (C=O) groups is 1. The predicted molar refractivity (Wildman–Crippen MR) is 59.8 cm³/mol. The van der Waals surface area contributed by atoms with Crippen molar-refractivity contribution in [3.05, 3.63) is 41.9 Å². The van der Waals surface area contributed by atoms with Crippen molar-refractivity contribution >= 4 is 11.7 Å². The van der Waals surface area contributed by atoms with Crippen LogP contribution in [0.5, 0.6) is 0 Å². The predicted octanol–water partition coefficient (Wildman–Crippen LogP) is 1.69. The number of nitrogens with one attached hydrogen (secondary N) is 1. The Morgan fingerprint density at radius 3 is 3.00 bits per heavy atom. The Morgan fingerprint density at radius 2 is 2.35 bits per heavy atom. The summed E-state index contributed by atoms with van der Waals surface area (Å²) in [7, 11) is 0. The average Bonchev–Trinajstić information content (AvgIpc) is 2.73. The normalized spacial score (nSPS) is 10.2. The van der Waals surface area contributed by atoms with Gasteiger partial charge in [-0.1, -0.05) is 0 Å². The highest BCUT2D eigenvalue weighted by Crippen LogP contribution is 2.14. The number of carboxylic acids is 1. The molecular weight excluding hydrogens is 222 g/mol. The largest absolute Gasteiger partial charge is 0.478 e. The monoisotopic (exact) mass is 233 g/mol. The van der Waals surface area contributed by atoms with Crippen molar-refractivity contribution in [1.29, 1.82) is 0 Å². The summed E-state index contributed by atoms with van der Waals surface area (Å²) in [6.45, 7) is 2.13. The minimum atomic E-state index is -1.02. The third-order valence-corrected chi connectivity index (χ3v) is 2.15. The Bertz CT molecular complexity index is 536. The summed E-state index contributed by atoms with van der Waals surface area (Å²) in [6.07, 6.45) is 4.43. The van der Waals surface area contributed by atoms with Crippen LogP contribution in [-0.2, 0) is 6.54 Å². The number of anilines is 1. The quantitative estimate of drug-likeness (QED) is 0.835. The smallest absolute Gasteiger partial charge is 0.339 e. The van der Waals surface area contributed by atoms with Gasteiger partial charge in [-0.15, -0.1) is 0 Å². The first-order valence-electron chi connectivity index (χ1n) is 4.99. The molecule has 0 radical (unpaired) electrons. The van der Waals surface area contributed by atoms with Crippen molar-refractivity contribution in [2.45, 2.75) is 13.5 Å². The van der Waals surface area contributed by atoms with Crippen LogP contribution in [0.15, 0.2) is 29.1 Å². The summed E-state index contributed by atoms with van der Waals surface area (Å²) >= 11 is 0. The number of carboxylic acid groups (broad SMARTS) is 1. The number of pyridine rings is 1. The van der Waals surface area contributed by atoms with Crippen molar-refractivity contribution < 1.29 is 14.3 Å². The lowest BCUT2D eigenvalue weighted by atomic mass is 10.2. The minimum absolute atomic E-state index is 0.121. The molecule has 88 valence electrons. The van der Waals surface area contributed by atoms with E-state index in [1.807, 2.05) is 0 Å². The molecule has 2 aromatic rings. The van der Waals surface area contributed by atoms with Gasteiger partial charge in [-0.05, 0) is 13.0 Å². The summed E-state index contributed by atoms with van der Waals surface area (Å²) in [5, 5.41) is 11.9. The third-order valence-electron chi connectivity index (χ3n) is 2.15. The number of oxazole rings is 1. The molecular formula is C11H11N3O3. The lowest BCUT2D eigenvalue weighted by molar-refractivity contribution is 0.0697. The maximum absolute atomic E-state index is 10.9. The van der Waals surface area contributed by atoms with Gasteiger partial charge in [-0.25, -0.2) is 9.78 Å². The van der Waals surface area contributed by atoms with Crippen molar-refractivity contribution in [2.75, 3.05) is 5.32 Å². The van der Waals surface area contributed by atoms with Crippen LogP contribution in [0.3, 0.4) is 0 Å². The fraction of sp³-hybridized carbons (Fsp3) is 0.182. The molecule has 6 heteroatoms. The lowest BCUT2D eigenvalue weighted by Crippen LogP contribution is -2.06. The van der Waals surface area contributed by atoms with Gasteiger partial charge in [0.2, 0.25) is 5.89 Å². The highest BCUT2D eigenvalue weighted by atomic mass is 16.4. The zero-order valence-electron chi connectivity index (χ0n) is 9.17. The Kier molecular flexibility index (Phi) is 3.04. The van der Waals surface area contributed by atoms with Gasteiger partial charge >= 0.3 is 5.97 Å². The van der Waals surface area contributed by atoms with Crippen molar-refractivity contribution in [2.24, 2.45) is 0 Å². The number of hydrogen-bond donors (Lipinski definition) is 2. The van der Waals surface area contributed by atoms with Gasteiger partial charge in [0.25, 0.3) is 0 Å². The molecule has 0 aliphatic carbocycles. The summed E-state index contributed by atoms with van der Waals surface area (Å²) in [4.78, 5) is 18.7. The summed E-state index contributed by atoms with van der Waals surface area (Å²) < 4.78 is 5.27. The number of hydrogen-bond acceptors (Lipinski definition) is 5. The van der Waals surface area contributed by atoms with Crippen LogP contribution in [0.25, 0.3) is 0 Å². The van der Waals surface area contributed by atoms with E-state index in [0.717, 1.165) is 5.76 Å². The van der Waals surface area contributed by atoms with Gasteiger partial charge in [0.1, 0.15) is 11.3 Å². The molecule has 0 unspecified atom stereocenters. The molecule has 0 amide bonds. The number of aromatic nitrogens is 2. The maximum atomic E-state index is 10.9. The van der Waals surface area contributed by atoms with Gasteiger partial charge in [0.15, 0.2) is 0 Å². The van der Waals surface area contributed by atoms with Crippen LogP contribution in [0.4, 0.5) is 5.69 Å². The van der Waals surface area contributed by atoms with Crippen LogP contribution in [-0.4, -0.2) is 21.0 Å². The molecule has 0 aromatic carbocycles. The second-order valence-electron chi connectivity index (χ2n) is 3.44. The Hall–Kier alpha value is -2.37. The Balaban J connectivity index is 2.11. The molecule has 0 saturated heterocycles. The molecule has 6 nitrogen and oxygen atoms in total. The molecule has 2 heterocycles. The molecule has 0 bridgehead atoms. The summed E-state index contributed by atoms with van der Waals surface area (Å²) in [6, 6.07) is 1.60. The van der Waals surface area contributed by atoms with E-state index in [2.05, 4.69) is 15.3 Å². The Morgan fingerprint density at radius 1 is 1.53 bits per heavy atom. The highest BCUT2D eigenvalue weighted by molar-refractivity contribution is 5.93. The average molecular weight is 233 g/mol. The van der Waals surface area contributed by atoms with Crippen LogP contribution < -0.4 is 5.32 Å². The standard InChI is InChI=1S/C11H11N3O3/c1-7-4-14-10(17-7)6-13-9-2-3-12-5-8(9)11(15)16/h2-5H,6H2,1H3,(H,12,13)(H,15,16). The van der Waals surface area contributed by atoms with E-state index in [9.17, 15) is 4.79 Å². The van der Waals surface area contributed by atoms with Crippen molar-refractivity contribution in [3.63, 3.8) is 0 Å². The van der Waals surface area contributed by atoms with Crippen LogP contribution in [0, 0.1) is 6.92 Å². The van der Waals surface area contributed by atoms with E-state index in [1.165, 1.54) is 12.4 Å². The summed E-state index contributed by atoms with van der Waals surface area (Å²) in [5.41, 5.74) is 0.610. The third kappa shape index (κ3) is 2.60. The fourth-order valence-corrected chi connectivity index (χ4v) is 1.37. The molecule has 2 aromatic heterocycles. The molecule has 0 atom stereocenters. The second kappa shape index (κ2) is 4.65. The van der Waals surface area contributed by atoms with Crippen LogP contribution in [0.1, 0.15) is 22.0 Å².